The molecule has 1 aliphatic rings. The first-order valence-electron chi connectivity index (χ1n) is 6.85. The van der Waals surface area contributed by atoms with Crippen LogP contribution in [0.2, 0.25) is 0 Å². The van der Waals surface area contributed by atoms with Crippen LogP contribution in [0.1, 0.15) is 50.4 Å². The maximum atomic E-state index is 6.34. The Bertz CT molecular complexity index is 411. The zero-order chi connectivity index (χ0) is 13.3. The van der Waals surface area contributed by atoms with Gasteiger partial charge in [0.2, 0.25) is 0 Å². The van der Waals surface area contributed by atoms with Crippen LogP contribution in [0.5, 0.6) is 0 Å². The van der Waals surface area contributed by atoms with Crippen molar-refractivity contribution in [3.8, 4) is 0 Å². The number of hydrogen-bond donors (Lipinski definition) is 1. The third-order valence-electron chi connectivity index (χ3n) is 3.52. The molecule has 1 N–H and O–H groups in total. The van der Waals surface area contributed by atoms with Gasteiger partial charge in [0.25, 0.3) is 0 Å². The summed E-state index contributed by atoms with van der Waals surface area (Å²) in [5.74, 6) is 2.58. The molecule has 0 spiro atoms. The highest BCUT2D eigenvalue weighted by atomic mass is 16.5. The monoisotopic (exact) mass is 251 g/mol. The van der Waals surface area contributed by atoms with E-state index in [9.17, 15) is 0 Å². The van der Waals surface area contributed by atoms with Crippen molar-refractivity contribution >= 4 is 0 Å². The van der Waals surface area contributed by atoms with Crippen molar-refractivity contribution in [1.82, 2.24) is 5.32 Å². The van der Waals surface area contributed by atoms with Crippen LogP contribution in [0, 0.1) is 19.8 Å². The van der Waals surface area contributed by atoms with E-state index in [1.54, 1.807) is 0 Å². The third kappa shape index (κ3) is 2.96. The van der Waals surface area contributed by atoms with Crippen LogP contribution in [0.4, 0.5) is 0 Å². The predicted molar refractivity (Wildman–Crippen MR) is 72.7 cm³/mol. The second-order valence-electron chi connectivity index (χ2n) is 6.15. The molecular formula is C15H25NO2. The van der Waals surface area contributed by atoms with Crippen molar-refractivity contribution in [2.45, 2.75) is 52.7 Å². The van der Waals surface area contributed by atoms with Gasteiger partial charge < -0.3 is 14.5 Å². The summed E-state index contributed by atoms with van der Waals surface area (Å²) >= 11 is 0. The van der Waals surface area contributed by atoms with Gasteiger partial charge in [0, 0.05) is 18.7 Å². The highest BCUT2D eigenvalue weighted by Crippen LogP contribution is 2.33. The zero-order valence-electron chi connectivity index (χ0n) is 12.2. The summed E-state index contributed by atoms with van der Waals surface area (Å²) in [5.41, 5.74) is 1.11. The topological polar surface area (TPSA) is 34.4 Å². The highest BCUT2D eigenvalue weighted by Gasteiger charge is 2.35. The van der Waals surface area contributed by atoms with Gasteiger partial charge in [-0.2, -0.15) is 0 Å². The van der Waals surface area contributed by atoms with E-state index in [1.165, 1.54) is 5.56 Å². The number of morpholine rings is 1. The molecular weight excluding hydrogens is 226 g/mol. The van der Waals surface area contributed by atoms with Crippen LogP contribution in [0.3, 0.4) is 0 Å². The Labute approximate surface area is 110 Å². The molecule has 0 amide bonds. The smallest absolute Gasteiger partial charge is 0.106 e. The second kappa shape index (κ2) is 5.06. The fraction of sp³-hybridized carbons (Fsp3) is 0.733. The summed E-state index contributed by atoms with van der Waals surface area (Å²) in [5, 5.41) is 3.50. The summed E-state index contributed by atoms with van der Waals surface area (Å²) in [6, 6.07) is 2.10. The molecule has 2 heterocycles. The van der Waals surface area contributed by atoms with E-state index in [0.717, 1.165) is 31.0 Å². The number of hydrogen-bond acceptors (Lipinski definition) is 3. The van der Waals surface area contributed by atoms with Crippen LogP contribution in [-0.4, -0.2) is 18.7 Å². The van der Waals surface area contributed by atoms with E-state index < -0.39 is 0 Å². The lowest BCUT2D eigenvalue weighted by atomic mass is 9.91. The maximum absolute atomic E-state index is 6.34. The molecule has 0 radical (unpaired) electrons. The summed E-state index contributed by atoms with van der Waals surface area (Å²) in [7, 11) is 0. The number of aryl methyl sites for hydroxylation is 2. The Morgan fingerprint density at radius 3 is 2.72 bits per heavy atom. The van der Waals surface area contributed by atoms with E-state index in [0.29, 0.717) is 5.92 Å². The van der Waals surface area contributed by atoms with Gasteiger partial charge >= 0.3 is 0 Å². The Morgan fingerprint density at radius 2 is 2.17 bits per heavy atom. The number of nitrogens with one attached hydrogen (secondary N) is 1. The van der Waals surface area contributed by atoms with E-state index in [1.807, 2.05) is 13.8 Å². The summed E-state index contributed by atoms with van der Waals surface area (Å²) < 4.78 is 12.0. The molecule has 1 aliphatic heterocycles. The quantitative estimate of drug-likeness (QED) is 0.894. The fourth-order valence-electron chi connectivity index (χ4n) is 3.02. The van der Waals surface area contributed by atoms with Crippen LogP contribution in [-0.2, 0) is 4.74 Å². The Kier molecular flexibility index (Phi) is 3.83. The zero-order valence-corrected chi connectivity index (χ0v) is 12.2. The summed E-state index contributed by atoms with van der Waals surface area (Å²) in [6.45, 7) is 12.5. The molecule has 3 nitrogen and oxygen atoms in total. The van der Waals surface area contributed by atoms with Gasteiger partial charge in [0.15, 0.2) is 0 Å². The van der Waals surface area contributed by atoms with Crippen LogP contribution >= 0.6 is 0 Å². The number of rotatable bonds is 3. The van der Waals surface area contributed by atoms with Gasteiger partial charge in [0.05, 0.1) is 11.7 Å². The summed E-state index contributed by atoms with van der Waals surface area (Å²) in [4.78, 5) is 0. The van der Waals surface area contributed by atoms with E-state index in [-0.39, 0.29) is 11.7 Å². The SMILES string of the molecule is Cc1cc(C2CNCC(C)(CC(C)C)O2)c(C)o1. The fourth-order valence-corrected chi connectivity index (χ4v) is 3.02. The minimum Gasteiger partial charge on any atom is -0.466 e. The van der Waals surface area contributed by atoms with Gasteiger partial charge in [-0.25, -0.2) is 0 Å². The van der Waals surface area contributed by atoms with Gasteiger partial charge in [-0.3, -0.25) is 0 Å². The van der Waals surface area contributed by atoms with Crippen molar-refractivity contribution < 1.29 is 9.15 Å². The molecule has 1 saturated heterocycles. The molecule has 0 bridgehead atoms. The lowest BCUT2D eigenvalue weighted by molar-refractivity contribution is -0.117. The maximum Gasteiger partial charge on any atom is 0.106 e. The van der Waals surface area contributed by atoms with Gasteiger partial charge in [-0.15, -0.1) is 0 Å². The molecule has 0 saturated carbocycles. The first-order chi connectivity index (χ1) is 8.39. The molecule has 1 aromatic rings. The second-order valence-corrected chi connectivity index (χ2v) is 6.15. The minimum atomic E-state index is -0.0747. The van der Waals surface area contributed by atoms with Crippen LogP contribution in [0.15, 0.2) is 10.5 Å². The van der Waals surface area contributed by atoms with E-state index >= 15 is 0 Å². The number of ether oxygens (including phenoxy) is 1. The van der Waals surface area contributed by atoms with Crippen molar-refractivity contribution in [3.63, 3.8) is 0 Å². The average molecular weight is 251 g/mol. The Hall–Kier alpha value is -0.800. The normalized spacial score (nSPS) is 28.9. The first-order valence-corrected chi connectivity index (χ1v) is 6.85. The Morgan fingerprint density at radius 1 is 1.44 bits per heavy atom. The molecule has 0 aromatic carbocycles. The van der Waals surface area contributed by atoms with Gasteiger partial charge in [-0.05, 0) is 39.2 Å². The Balaban J connectivity index is 2.13. The van der Waals surface area contributed by atoms with Crippen molar-refractivity contribution in [2.24, 2.45) is 5.92 Å². The van der Waals surface area contributed by atoms with Gasteiger partial charge in [0.1, 0.15) is 11.5 Å². The molecule has 2 rings (SSSR count). The van der Waals surface area contributed by atoms with Crippen molar-refractivity contribution in [1.29, 1.82) is 0 Å². The average Bonchev–Trinajstić information content (AvgIpc) is 2.56. The molecule has 18 heavy (non-hydrogen) atoms. The first kappa shape index (κ1) is 13.6. The van der Waals surface area contributed by atoms with Crippen molar-refractivity contribution in [2.75, 3.05) is 13.1 Å². The van der Waals surface area contributed by atoms with Gasteiger partial charge in [-0.1, -0.05) is 13.8 Å². The molecule has 1 aromatic heterocycles. The molecule has 0 aliphatic carbocycles. The van der Waals surface area contributed by atoms with Crippen molar-refractivity contribution in [3.05, 3.63) is 23.2 Å². The minimum absolute atomic E-state index is 0.0747. The lowest BCUT2D eigenvalue weighted by Gasteiger charge is -2.40. The molecule has 1 fully saturated rings. The molecule has 2 atom stereocenters. The summed E-state index contributed by atoms with van der Waals surface area (Å²) in [6.07, 6.45) is 1.19. The molecule has 2 unspecified atom stereocenters. The highest BCUT2D eigenvalue weighted by molar-refractivity contribution is 5.24. The predicted octanol–water partition coefficient (Wildman–Crippen LogP) is 3.36. The standard InChI is InChI=1S/C15H25NO2/c1-10(2)7-15(5)9-16-8-14(18-15)13-6-11(3)17-12(13)4/h6,10,14,16H,7-9H2,1-5H3. The molecule has 3 heteroatoms. The lowest BCUT2D eigenvalue weighted by Crippen LogP contribution is -2.49. The van der Waals surface area contributed by atoms with E-state index in [4.69, 9.17) is 9.15 Å². The van der Waals surface area contributed by atoms with Crippen LogP contribution < -0.4 is 5.32 Å². The third-order valence-corrected chi connectivity index (χ3v) is 3.52. The number of furan rings is 1. The van der Waals surface area contributed by atoms with Crippen LogP contribution in [0.25, 0.3) is 0 Å². The largest absolute Gasteiger partial charge is 0.466 e. The van der Waals surface area contributed by atoms with E-state index in [2.05, 4.69) is 32.2 Å². The molecule has 102 valence electrons.